The first kappa shape index (κ1) is 27.7. The first-order valence-electron chi connectivity index (χ1n) is 11.1. The Balaban J connectivity index is 1.51. The van der Waals surface area contributed by atoms with Crippen molar-refractivity contribution >= 4 is 43.6 Å². The van der Waals surface area contributed by atoms with Gasteiger partial charge in [-0.3, -0.25) is 8.98 Å². The molecule has 0 saturated heterocycles. The van der Waals surface area contributed by atoms with Crippen molar-refractivity contribution < 1.29 is 31.3 Å². The summed E-state index contributed by atoms with van der Waals surface area (Å²) < 4.78 is 57.0. The second-order valence-corrected chi connectivity index (χ2v) is 11.3. The number of ketones is 1. The summed E-state index contributed by atoms with van der Waals surface area (Å²) in [5.41, 5.74) is 1.43. The minimum atomic E-state index is -4.23. The maximum Gasteiger partial charge on any atom is 0.333 e. The summed E-state index contributed by atoms with van der Waals surface area (Å²) >= 11 is 9.48. The zero-order valence-corrected chi connectivity index (χ0v) is 22.3. The van der Waals surface area contributed by atoms with Crippen LogP contribution in [0.3, 0.4) is 0 Å². The van der Waals surface area contributed by atoms with E-state index in [0.29, 0.717) is 4.47 Å². The zero-order valence-electron chi connectivity index (χ0n) is 19.1. The Kier molecular flexibility index (Phi) is 8.41. The summed E-state index contributed by atoms with van der Waals surface area (Å²) in [4.78, 5) is 21.4. The molecule has 0 unspecified atom stereocenters. The molecule has 1 fully saturated rings. The van der Waals surface area contributed by atoms with Gasteiger partial charge in [-0.25, -0.2) is 23.9 Å². The first-order valence-corrected chi connectivity index (χ1v) is 13.7. The van der Waals surface area contributed by atoms with Gasteiger partial charge >= 0.3 is 10.3 Å². The summed E-state index contributed by atoms with van der Waals surface area (Å²) in [6.07, 6.45) is 1.08. The lowest BCUT2D eigenvalue weighted by atomic mass is 9.95. The third-order valence-electron chi connectivity index (χ3n) is 6.25. The lowest BCUT2D eigenvalue weighted by Crippen LogP contribution is -2.29. The fourth-order valence-electron chi connectivity index (χ4n) is 4.41. The highest BCUT2D eigenvalue weighted by Crippen LogP contribution is 2.37. The highest BCUT2D eigenvalue weighted by Gasteiger charge is 2.43. The molecule has 0 spiro atoms. The van der Waals surface area contributed by atoms with Crippen molar-refractivity contribution in [1.29, 1.82) is 0 Å². The molecule has 1 aliphatic rings. The third-order valence-corrected chi connectivity index (χ3v) is 7.65. The number of halogens is 4. The molecule has 2 heterocycles. The van der Waals surface area contributed by atoms with Crippen LogP contribution in [0.1, 0.15) is 33.6 Å². The van der Waals surface area contributed by atoms with E-state index in [0.717, 1.165) is 5.56 Å². The van der Waals surface area contributed by atoms with Crippen LogP contribution in [0.5, 0.6) is 0 Å². The molecule has 37 heavy (non-hydrogen) atoms. The Bertz CT molecular complexity index is 1420. The monoisotopic (exact) mass is 618 g/mol. The molecular formula is C23H22BrClF2N4O5S. The Morgan fingerprint density at radius 3 is 2.78 bits per heavy atom. The molecule has 198 valence electrons. The van der Waals surface area contributed by atoms with Crippen LogP contribution < -0.4 is 5.14 Å². The lowest BCUT2D eigenvalue weighted by Gasteiger charge is -2.15. The summed E-state index contributed by atoms with van der Waals surface area (Å²) in [6.45, 7) is -0.169. The molecule has 14 heteroatoms. The van der Waals surface area contributed by atoms with Crippen LogP contribution >= 0.6 is 27.5 Å². The van der Waals surface area contributed by atoms with Gasteiger partial charge in [0.05, 0.1) is 28.4 Å². The first-order chi connectivity index (χ1) is 17.4. The van der Waals surface area contributed by atoms with Gasteiger partial charge in [0, 0.05) is 30.4 Å². The van der Waals surface area contributed by atoms with Gasteiger partial charge in [0.2, 0.25) is 0 Å². The number of aliphatic hydroxyl groups is 1. The highest BCUT2D eigenvalue weighted by atomic mass is 79.9. The standard InChI is InChI=1S/C23H22BrClF2N4O5S/c24-17-3-12(1-2-18(17)26)8-31-9-14(6-20(31)25)22(32)16-7-29-11-30-19(16)5-13-4-15(23(33)21(13)27)10-36-37(28,34)35/h1-3,6-7,9,11,13,15,21,23,33H,4-5,8,10H2,(H2,28,34,35)/t13-,15+,21+,23+/m0/s1. The zero-order chi connectivity index (χ0) is 26.9. The lowest BCUT2D eigenvalue weighted by molar-refractivity contribution is 0.0438. The molecule has 3 aromatic rings. The van der Waals surface area contributed by atoms with Gasteiger partial charge in [0.25, 0.3) is 0 Å². The molecular weight excluding hydrogens is 598 g/mol. The molecule has 0 bridgehead atoms. The molecule has 4 atom stereocenters. The molecule has 0 aliphatic heterocycles. The molecule has 3 N–H and O–H groups in total. The molecule has 1 saturated carbocycles. The average Bonchev–Trinajstić information content (AvgIpc) is 3.33. The van der Waals surface area contributed by atoms with Gasteiger partial charge < -0.3 is 9.67 Å². The molecule has 2 aromatic heterocycles. The van der Waals surface area contributed by atoms with E-state index in [1.807, 2.05) is 0 Å². The second kappa shape index (κ2) is 11.2. The second-order valence-electron chi connectivity index (χ2n) is 8.81. The van der Waals surface area contributed by atoms with Crippen molar-refractivity contribution in [1.82, 2.24) is 14.5 Å². The van der Waals surface area contributed by atoms with E-state index in [1.54, 1.807) is 22.9 Å². The Morgan fingerprint density at radius 1 is 1.32 bits per heavy atom. The number of nitrogens with zero attached hydrogens (tertiary/aromatic N) is 3. The van der Waals surface area contributed by atoms with E-state index in [4.69, 9.17) is 16.7 Å². The number of hydrogen-bond acceptors (Lipinski definition) is 7. The molecule has 9 nitrogen and oxygen atoms in total. The number of benzene rings is 1. The van der Waals surface area contributed by atoms with Crippen LogP contribution in [0.4, 0.5) is 8.78 Å². The van der Waals surface area contributed by atoms with Crippen molar-refractivity contribution in [3.8, 4) is 0 Å². The van der Waals surface area contributed by atoms with Crippen LogP contribution in [0.2, 0.25) is 5.15 Å². The van der Waals surface area contributed by atoms with Crippen molar-refractivity contribution in [2.24, 2.45) is 17.0 Å². The molecule has 4 rings (SSSR count). The van der Waals surface area contributed by atoms with E-state index in [-0.39, 0.29) is 41.4 Å². The maximum absolute atomic E-state index is 14.8. The summed E-state index contributed by atoms with van der Waals surface area (Å²) in [7, 11) is -4.23. The Hall–Kier alpha value is -2.29. The Morgan fingerprint density at radius 2 is 2.08 bits per heavy atom. The van der Waals surface area contributed by atoms with Gasteiger partial charge in [0.1, 0.15) is 23.5 Å². The van der Waals surface area contributed by atoms with Gasteiger partial charge in [-0.05, 0) is 58.5 Å². The van der Waals surface area contributed by atoms with E-state index < -0.39 is 52.6 Å². The van der Waals surface area contributed by atoms with Crippen LogP contribution in [-0.4, -0.2) is 52.7 Å². The fraction of sp³-hybridized carbons (Fsp3) is 0.348. The molecule has 0 radical (unpaired) electrons. The number of carbonyl (C=O) groups excluding carboxylic acids is 1. The fourth-order valence-corrected chi connectivity index (χ4v) is 5.43. The van der Waals surface area contributed by atoms with Gasteiger partial charge in [-0.15, -0.1) is 0 Å². The average molecular weight is 620 g/mol. The van der Waals surface area contributed by atoms with Gasteiger partial charge in [-0.1, -0.05) is 17.7 Å². The summed E-state index contributed by atoms with van der Waals surface area (Å²) in [6, 6.07) is 6.02. The highest BCUT2D eigenvalue weighted by molar-refractivity contribution is 9.10. The number of alkyl halides is 1. The van der Waals surface area contributed by atoms with Crippen LogP contribution in [0.15, 0.2) is 47.5 Å². The minimum Gasteiger partial charge on any atom is -0.390 e. The van der Waals surface area contributed by atoms with Crippen LogP contribution in [0.25, 0.3) is 0 Å². The van der Waals surface area contributed by atoms with Crippen molar-refractivity contribution in [3.05, 3.63) is 80.8 Å². The number of aliphatic hydroxyl groups excluding tert-OH is 1. The summed E-state index contributed by atoms with van der Waals surface area (Å²) in [5, 5.41) is 15.3. The quantitative estimate of drug-likeness (QED) is 0.351. The predicted octanol–water partition coefficient (Wildman–Crippen LogP) is 3.21. The number of nitrogens with two attached hydrogens (primary N) is 1. The molecule has 1 aromatic carbocycles. The van der Waals surface area contributed by atoms with Crippen LogP contribution in [-0.2, 0) is 27.5 Å². The largest absolute Gasteiger partial charge is 0.390 e. The topological polar surface area (TPSA) is 137 Å². The predicted molar refractivity (Wildman–Crippen MR) is 133 cm³/mol. The normalized spacial score (nSPS) is 21.9. The third kappa shape index (κ3) is 6.59. The SMILES string of the molecule is NS(=O)(=O)OC[C@H]1C[C@@H](Cc2ncncc2C(=O)c2cc(Cl)n(Cc3ccc(F)c(Br)c3)c2)[C@@H](F)[C@@H]1O. The van der Waals surface area contributed by atoms with E-state index in [9.17, 15) is 27.1 Å². The van der Waals surface area contributed by atoms with Gasteiger partial charge in [-0.2, -0.15) is 8.42 Å². The van der Waals surface area contributed by atoms with E-state index in [2.05, 4.69) is 30.1 Å². The van der Waals surface area contributed by atoms with Crippen molar-refractivity contribution in [2.75, 3.05) is 6.61 Å². The number of aromatic nitrogens is 3. The van der Waals surface area contributed by atoms with E-state index in [1.165, 1.54) is 24.7 Å². The number of hydrogen-bond donors (Lipinski definition) is 2. The molecule has 0 amide bonds. The minimum absolute atomic E-state index is 0.00570. The van der Waals surface area contributed by atoms with Crippen molar-refractivity contribution in [2.45, 2.75) is 31.7 Å². The summed E-state index contributed by atoms with van der Waals surface area (Å²) in [5.74, 6) is -2.36. The van der Waals surface area contributed by atoms with Crippen LogP contribution in [0, 0.1) is 17.7 Å². The van der Waals surface area contributed by atoms with Crippen molar-refractivity contribution in [3.63, 3.8) is 0 Å². The van der Waals surface area contributed by atoms with Gasteiger partial charge in [0.15, 0.2) is 5.78 Å². The number of carbonyl (C=O) groups is 1. The van der Waals surface area contributed by atoms with E-state index >= 15 is 0 Å². The number of rotatable bonds is 9. The Labute approximate surface area is 225 Å². The smallest absolute Gasteiger partial charge is 0.333 e. The maximum atomic E-state index is 14.8. The molecule has 1 aliphatic carbocycles.